The van der Waals surface area contributed by atoms with Crippen molar-refractivity contribution in [2.24, 2.45) is 4.99 Å². The molecule has 218 valence electrons. The fraction of sp³-hybridized carbons (Fsp3) is 0.452. The molecule has 3 aromatic rings. The number of hydrogen-bond donors (Lipinski definition) is 2. The zero-order valence-corrected chi connectivity index (χ0v) is 25.1. The van der Waals surface area contributed by atoms with E-state index in [0.717, 1.165) is 67.5 Å². The maximum atomic E-state index is 13.7. The van der Waals surface area contributed by atoms with E-state index < -0.39 is 15.6 Å². The third kappa shape index (κ3) is 5.67. The molecule has 0 unspecified atom stereocenters. The Morgan fingerprint density at radius 2 is 1.83 bits per heavy atom. The van der Waals surface area contributed by atoms with Crippen molar-refractivity contribution in [1.82, 2.24) is 15.4 Å². The number of carbonyl (C=O) groups excluding carboxylic acids is 1. The normalized spacial score (nSPS) is 16.5. The molecule has 1 amide bonds. The summed E-state index contributed by atoms with van der Waals surface area (Å²) in [6.07, 6.45) is 6.57. The van der Waals surface area contributed by atoms with Gasteiger partial charge in [0.2, 0.25) is 0 Å². The Hall–Kier alpha value is -3.50. The monoisotopic (exact) mass is 577 g/mol. The highest BCUT2D eigenvalue weighted by Gasteiger charge is 2.49. The molecule has 2 aromatic carbocycles. The van der Waals surface area contributed by atoms with Crippen molar-refractivity contribution < 1.29 is 17.7 Å². The number of unbranched alkanes of at least 4 members (excludes halogenated alkanes) is 1. The second-order valence-corrected chi connectivity index (χ2v) is 12.7. The largest absolute Gasteiger partial charge is 0.359 e. The Morgan fingerprint density at radius 3 is 2.51 bits per heavy atom. The minimum Gasteiger partial charge on any atom is -0.359 e. The van der Waals surface area contributed by atoms with E-state index >= 15 is 0 Å². The molecule has 1 aliphatic carbocycles. The van der Waals surface area contributed by atoms with Crippen molar-refractivity contribution in [3.63, 3.8) is 0 Å². The van der Waals surface area contributed by atoms with Gasteiger partial charge in [-0.1, -0.05) is 67.7 Å². The van der Waals surface area contributed by atoms with E-state index in [1.54, 1.807) is 26.0 Å². The van der Waals surface area contributed by atoms with Crippen LogP contribution in [0.3, 0.4) is 0 Å². The van der Waals surface area contributed by atoms with Crippen LogP contribution in [0.4, 0.5) is 5.82 Å². The number of aryl methyl sites for hydroxylation is 1. The van der Waals surface area contributed by atoms with Gasteiger partial charge in [-0.25, -0.2) is 8.42 Å². The van der Waals surface area contributed by atoms with E-state index in [4.69, 9.17) is 9.52 Å². The van der Waals surface area contributed by atoms with Crippen LogP contribution in [0, 0.1) is 13.8 Å². The highest BCUT2D eigenvalue weighted by Crippen LogP contribution is 2.40. The number of anilines is 1. The average Bonchev–Trinajstić information content (AvgIpc) is 3.63. The predicted octanol–water partition coefficient (Wildman–Crippen LogP) is 5.72. The Kier molecular flexibility index (Phi) is 8.33. The van der Waals surface area contributed by atoms with E-state index in [9.17, 15) is 13.2 Å². The zero-order chi connectivity index (χ0) is 29.2. The minimum atomic E-state index is -3.96. The molecule has 1 spiro atoms. The smallest absolute Gasteiger partial charge is 0.263 e. The van der Waals surface area contributed by atoms with E-state index in [-0.39, 0.29) is 16.6 Å². The van der Waals surface area contributed by atoms with Crippen LogP contribution in [-0.4, -0.2) is 42.8 Å². The van der Waals surface area contributed by atoms with E-state index in [2.05, 4.69) is 28.2 Å². The van der Waals surface area contributed by atoms with Gasteiger partial charge in [0.25, 0.3) is 15.9 Å². The lowest BCUT2D eigenvalue weighted by molar-refractivity contribution is -0.131. The molecule has 10 heteroatoms. The second kappa shape index (κ2) is 11.8. The number of aliphatic imine (C=N–C) groups is 1. The molecule has 0 radical (unpaired) electrons. The van der Waals surface area contributed by atoms with Gasteiger partial charge in [-0.3, -0.25) is 19.4 Å². The van der Waals surface area contributed by atoms with Crippen LogP contribution in [0.5, 0.6) is 0 Å². The first kappa shape index (κ1) is 29.0. The van der Waals surface area contributed by atoms with Crippen LogP contribution in [-0.2, 0) is 27.9 Å². The minimum absolute atomic E-state index is 0.126. The standard InChI is InChI=1S/C31H39N5O4S/c1-5-6-13-28-33-31(16-9-10-17-31)30(37)36(28)20-23-14-15-25(24(18-23)19-32-4)26-11-7-8-12-27(26)41(38,39)35-29-21(2)22(3)40-34-29/h7-8,11-12,14-15,18,32H,5-6,9-10,13,16-17,19-20H2,1-4H3,(H,34,35). The summed E-state index contributed by atoms with van der Waals surface area (Å²) in [5.74, 6) is 1.76. The Bertz CT molecular complexity index is 1570. The number of amides is 1. The number of carbonyl (C=O) groups is 1. The molecule has 1 aliphatic heterocycles. The van der Waals surface area contributed by atoms with Gasteiger partial charge in [-0.15, -0.1) is 0 Å². The molecular formula is C31H39N5O4S. The molecule has 0 bridgehead atoms. The number of hydrogen-bond acceptors (Lipinski definition) is 7. The van der Waals surface area contributed by atoms with Gasteiger partial charge in [-0.2, -0.15) is 0 Å². The summed E-state index contributed by atoms with van der Waals surface area (Å²) < 4.78 is 34.8. The van der Waals surface area contributed by atoms with Crippen LogP contribution >= 0.6 is 0 Å². The SMILES string of the molecule is CCCCC1=NC2(CCCC2)C(=O)N1Cc1ccc(-c2ccccc2S(=O)(=O)Nc2noc(C)c2C)c(CNC)c1. The summed E-state index contributed by atoms with van der Waals surface area (Å²) in [6.45, 7) is 6.63. The molecule has 9 nitrogen and oxygen atoms in total. The summed E-state index contributed by atoms with van der Waals surface area (Å²) in [6, 6.07) is 13.0. The second-order valence-electron chi connectivity index (χ2n) is 11.1. The third-order valence-electron chi connectivity index (χ3n) is 8.22. The lowest BCUT2D eigenvalue weighted by Gasteiger charge is -2.23. The Morgan fingerprint density at radius 1 is 1.07 bits per heavy atom. The molecule has 1 aromatic heterocycles. The van der Waals surface area contributed by atoms with Gasteiger partial charge in [0, 0.05) is 24.1 Å². The first-order valence-electron chi connectivity index (χ1n) is 14.4. The molecule has 2 heterocycles. The summed E-state index contributed by atoms with van der Waals surface area (Å²) in [7, 11) is -2.10. The molecule has 1 saturated carbocycles. The summed E-state index contributed by atoms with van der Waals surface area (Å²) in [5, 5.41) is 7.09. The van der Waals surface area contributed by atoms with Gasteiger partial charge in [0.15, 0.2) is 5.82 Å². The molecule has 41 heavy (non-hydrogen) atoms. The van der Waals surface area contributed by atoms with Crippen molar-refractivity contribution in [2.45, 2.75) is 89.2 Å². The average molecular weight is 578 g/mol. The number of amidine groups is 1. The Labute approximate surface area is 242 Å². The van der Waals surface area contributed by atoms with Gasteiger partial charge < -0.3 is 9.84 Å². The van der Waals surface area contributed by atoms with Crippen molar-refractivity contribution in [3.8, 4) is 11.1 Å². The predicted molar refractivity (Wildman–Crippen MR) is 160 cm³/mol. The van der Waals surface area contributed by atoms with Gasteiger partial charge >= 0.3 is 0 Å². The van der Waals surface area contributed by atoms with Crippen molar-refractivity contribution in [2.75, 3.05) is 11.8 Å². The molecule has 0 atom stereocenters. The quantitative estimate of drug-likeness (QED) is 0.301. The first-order valence-corrected chi connectivity index (χ1v) is 15.9. The Balaban J connectivity index is 1.47. The number of sulfonamides is 1. The molecule has 2 N–H and O–H groups in total. The summed E-state index contributed by atoms with van der Waals surface area (Å²) in [5.41, 5.74) is 3.38. The van der Waals surface area contributed by atoms with Crippen LogP contribution in [0.1, 0.15) is 74.3 Å². The van der Waals surface area contributed by atoms with Crippen molar-refractivity contribution >= 4 is 27.6 Å². The molecule has 5 rings (SSSR count). The maximum absolute atomic E-state index is 13.7. The fourth-order valence-electron chi connectivity index (χ4n) is 5.84. The van der Waals surface area contributed by atoms with Crippen LogP contribution in [0.25, 0.3) is 11.1 Å². The number of nitrogens with zero attached hydrogens (tertiary/aromatic N) is 3. The highest BCUT2D eigenvalue weighted by atomic mass is 32.2. The lowest BCUT2D eigenvalue weighted by Crippen LogP contribution is -2.40. The highest BCUT2D eigenvalue weighted by molar-refractivity contribution is 7.92. The molecule has 0 saturated heterocycles. The summed E-state index contributed by atoms with van der Waals surface area (Å²) >= 11 is 0. The topological polar surface area (TPSA) is 117 Å². The van der Waals surface area contributed by atoms with Gasteiger partial charge in [-0.05, 0) is 62.9 Å². The van der Waals surface area contributed by atoms with E-state index in [1.807, 2.05) is 36.2 Å². The van der Waals surface area contributed by atoms with Crippen molar-refractivity contribution in [1.29, 1.82) is 0 Å². The third-order valence-corrected chi connectivity index (χ3v) is 9.61. The van der Waals surface area contributed by atoms with E-state index in [0.29, 0.717) is 30.0 Å². The molecular weight excluding hydrogens is 538 g/mol. The van der Waals surface area contributed by atoms with Crippen LogP contribution in [0.15, 0.2) is 56.9 Å². The zero-order valence-electron chi connectivity index (χ0n) is 24.3. The molecule has 1 fully saturated rings. The van der Waals surface area contributed by atoms with Gasteiger partial charge in [0.05, 0.1) is 11.4 Å². The number of aromatic nitrogens is 1. The van der Waals surface area contributed by atoms with Crippen molar-refractivity contribution in [3.05, 3.63) is 64.9 Å². The number of nitrogens with one attached hydrogen (secondary N) is 2. The lowest BCUT2D eigenvalue weighted by atomic mass is 9.96. The number of benzene rings is 2. The first-order chi connectivity index (χ1) is 19.7. The maximum Gasteiger partial charge on any atom is 0.263 e. The van der Waals surface area contributed by atoms with Crippen LogP contribution in [0.2, 0.25) is 0 Å². The van der Waals surface area contributed by atoms with Crippen LogP contribution < -0.4 is 10.0 Å². The molecule has 2 aliphatic rings. The van der Waals surface area contributed by atoms with E-state index in [1.165, 1.54) is 0 Å². The number of rotatable bonds is 11. The van der Waals surface area contributed by atoms with Gasteiger partial charge in [0.1, 0.15) is 17.1 Å². The summed E-state index contributed by atoms with van der Waals surface area (Å²) in [4.78, 5) is 20.7. The fourth-order valence-corrected chi connectivity index (χ4v) is 7.12.